The van der Waals surface area contributed by atoms with E-state index in [1.54, 1.807) is 0 Å². The molecule has 1 nitrogen and oxygen atoms in total. The van der Waals surface area contributed by atoms with E-state index in [0.29, 0.717) is 5.92 Å². The van der Waals surface area contributed by atoms with E-state index < -0.39 is 0 Å². The molecule has 0 bridgehead atoms. The summed E-state index contributed by atoms with van der Waals surface area (Å²) in [6.07, 6.45) is 7.28. The van der Waals surface area contributed by atoms with Crippen molar-refractivity contribution in [2.45, 2.75) is 51.5 Å². The van der Waals surface area contributed by atoms with Gasteiger partial charge in [-0.2, -0.15) is 0 Å². The van der Waals surface area contributed by atoms with Gasteiger partial charge in [0.15, 0.2) is 0 Å². The first-order valence-electron chi connectivity index (χ1n) is 7.29. The molecule has 0 aliphatic heterocycles. The van der Waals surface area contributed by atoms with Crippen molar-refractivity contribution in [1.82, 2.24) is 0 Å². The van der Waals surface area contributed by atoms with Crippen molar-refractivity contribution in [3.8, 4) is 0 Å². The van der Waals surface area contributed by atoms with Gasteiger partial charge in [0.05, 0.1) is 0 Å². The van der Waals surface area contributed by atoms with Gasteiger partial charge in [-0.25, -0.2) is 4.39 Å². The fraction of sp³-hybridized carbons (Fsp3) is 0.625. The first kappa shape index (κ1) is 15.0. The van der Waals surface area contributed by atoms with Crippen LogP contribution in [-0.2, 0) is 6.42 Å². The first-order valence-corrected chi connectivity index (χ1v) is 8.09. The Morgan fingerprint density at radius 1 is 1.42 bits per heavy atom. The van der Waals surface area contributed by atoms with E-state index in [1.807, 2.05) is 6.07 Å². The van der Waals surface area contributed by atoms with Crippen LogP contribution >= 0.6 is 15.9 Å². The van der Waals surface area contributed by atoms with Gasteiger partial charge in [-0.15, -0.1) is 0 Å². The summed E-state index contributed by atoms with van der Waals surface area (Å²) < 4.78 is 13.9. The third kappa shape index (κ3) is 4.03. The SMILES string of the molecule is CCC1CCCC(C(N)Cc2ccc(F)cc2Br)C1. The molecule has 0 saturated heterocycles. The van der Waals surface area contributed by atoms with Gasteiger partial charge >= 0.3 is 0 Å². The molecule has 0 radical (unpaired) electrons. The predicted octanol–water partition coefficient (Wildman–Crippen LogP) is 4.67. The van der Waals surface area contributed by atoms with E-state index in [1.165, 1.54) is 44.2 Å². The second-order valence-corrected chi connectivity index (χ2v) is 6.66. The maximum atomic E-state index is 13.1. The molecule has 1 aromatic rings. The highest BCUT2D eigenvalue weighted by atomic mass is 79.9. The van der Waals surface area contributed by atoms with Crippen LogP contribution in [-0.4, -0.2) is 6.04 Å². The smallest absolute Gasteiger partial charge is 0.124 e. The van der Waals surface area contributed by atoms with Crippen LogP contribution in [0.2, 0.25) is 0 Å². The number of nitrogens with two attached hydrogens (primary N) is 1. The molecule has 3 atom stereocenters. The topological polar surface area (TPSA) is 26.0 Å². The van der Waals surface area contributed by atoms with Crippen molar-refractivity contribution in [1.29, 1.82) is 0 Å². The fourth-order valence-electron chi connectivity index (χ4n) is 3.20. The number of benzene rings is 1. The van der Waals surface area contributed by atoms with Gasteiger partial charge in [-0.1, -0.05) is 48.2 Å². The van der Waals surface area contributed by atoms with Crippen molar-refractivity contribution in [3.63, 3.8) is 0 Å². The number of rotatable bonds is 4. The Morgan fingerprint density at radius 3 is 2.89 bits per heavy atom. The minimum Gasteiger partial charge on any atom is -0.327 e. The molecule has 19 heavy (non-hydrogen) atoms. The van der Waals surface area contributed by atoms with Gasteiger partial charge in [0.25, 0.3) is 0 Å². The van der Waals surface area contributed by atoms with E-state index in [4.69, 9.17) is 5.73 Å². The highest BCUT2D eigenvalue weighted by Gasteiger charge is 2.26. The molecule has 106 valence electrons. The average Bonchev–Trinajstić information content (AvgIpc) is 2.42. The van der Waals surface area contributed by atoms with Crippen LogP contribution in [0.5, 0.6) is 0 Å². The Balaban J connectivity index is 1.98. The predicted molar refractivity (Wildman–Crippen MR) is 81.5 cm³/mol. The highest BCUT2D eigenvalue weighted by Crippen LogP contribution is 2.33. The van der Waals surface area contributed by atoms with Gasteiger partial charge in [-0.3, -0.25) is 0 Å². The molecule has 3 unspecified atom stereocenters. The van der Waals surface area contributed by atoms with Crippen LogP contribution in [0.1, 0.15) is 44.6 Å². The van der Waals surface area contributed by atoms with Gasteiger partial charge in [0, 0.05) is 10.5 Å². The molecule has 0 spiro atoms. The van der Waals surface area contributed by atoms with E-state index in [9.17, 15) is 4.39 Å². The zero-order chi connectivity index (χ0) is 13.8. The summed E-state index contributed by atoms with van der Waals surface area (Å²) >= 11 is 3.43. The standard InChI is InChI=1S/C16H23BrFN/c1-2-11-4-3-5-13(8-11)16(19)9-12-6-7-14(18)10-15(12)17/h6-7,10-11,13,16H,2-5,8-9,19H2,1H3. The summed E-state index contributed by atoms with van der Waals surface area (Å²) in [4.78, 5) is 0. The molecule has 1 aromatic carbocycles. The Kier molecular flexibility index (Phi) is 5.40. The molecular formula is C16H23BrFN. The van der Waals surface area contributed by atoms with Gasteiger partial charge in [-0.05, 0) is 48.8 Å². The normalized spacial score (nSPS) is 25.3. The van der Waals surface area contributed by atoms with Gasteiger partial charge < -0.3 is 5.73 Å². The maximum Gasteiger partial charge on any atom is 0.124 e. The molecule has 3 heteroatoms. The molecular weight excluding hydrogens is 305 g/mol. The van der Waals surface area contributed by atoms with Crippen LogP contribution in [0.25, 0.3) is 0 Å². The molecule has 0 heterocycles. The second-order valence-electron chi connectivity index (χ2n) is 5.80. The Hall–Kier alpha value is -0.410. The molecule has 1 aliphatic rings. The Labute approximate surface area is 123 Å². The Bertz CT molecular complexity index is 421. The van der Waals surface area contributed by atoms with Crippen LogP contribution in [0, 0.1) is 17.7 Å². The monoisotopic (exact) mass is 327 g/mol. The van der Waals surface area contributed by atoms with E-state index in [0.717, 1.165) is 22.4 Å². The lowest BCUT2D eigenvalue weighted by Gasteiger charge is -2.32. The Morgan fingerprint density at radius 2 is 2.21 bits per heavy atom. The first-order chi connectivity index (χ1) is 9.10. The minimum atomic E-state index is -0.201. The summed E-state index contributed by atoms with van der Waals surface area (Å²) in [5, 5.41) is 0. The molecule has 0 amide bonds. The van der Waals surface area contributed by atoms with Crippen molar-refractivity contribution < 1.29 is 4.39 Å². The minimum absolute atomic E-state index is 0.191. The zero-order valence-corrected chi connectivity index (χ0v) is 13.1. The zero-order valence-electron chi connectivity index (χ0n) is 11.5. The molecule has 2 N–H and O–H groups in total. The van der Waals surface area contributed by atoms with Gasteiger partial charge in [0.1, 0.15) is 5.82 Å². The van der Waals surface area contributed by atoms with Crippen LogP contribution in [0.3, 0.4) is 0 Å². The summed E-state index contributed by atoms with van der Waals surface area (Å²) in [6.45, 7) is 2.27. The van der Waals surface area contributed by atoms with E-state index in [-0.39, 0.29) is 11.9 Å². The molecule has 1 aliphatic carbocycles. The largest absolute Gasteiger partial charge is 0.327 e. The third-order valence-corrected chi connectivity index (χ3v) is 5.22. The fourth-order valence-corrected chi connectivity index (χ4v) is 3.71. The lowest BCUT2D eigenvalue weighted by atomic mass is 9.76. The van der Waals surface area contributed by atoms with Crippen molar-refractivity contribution in [2.24, 2.45) is 17.6 Å². The van der Waals surface area contributed by atoms with Crippen LogP contribution < -0.4 is 5.73 Å². The maximum absolute atomic E-state index is 13.1. The average molecular weight is 328 g/mol. The summed E-state index contributed by atoms with van der Waals surface area (Å²) in [6, 6.07) is 5.08. The molecule has 1 saturated carbocycles. The second kappa shape index (κ2) is 6.85. The molecule has 2 rings (SSSR count). The lowest BCUT2D eigenvalue weighted by molar-refractivity contribution is 0.228. The lowest BCUT2D eigenvalue weighted by Crippen LogP contribution is -2.35. The molecule has 1 fully saturated rings. The summed E-state index contributed by atoms with van der Waals surface area (Å²) in [7, 11) is 0. The van der Waals surface area contributed by atoms with Crippen molar-refractivity contribution in [3.05, 3.63) is 34.1 Å². The molecule has 0 aromatic heterocycles. The van der Waals surface area contributed by atoms with Gasteiger partial charge in [0.2, 0.25) is 0 Å². The third-order valence-electron chi connectivity index (χ3n) is 4.48. The van der Waals surface area contributed by atoms with Crippen molar-refractivity contribution >= 4 is 15.9 Å². The van der Waals surface area contributed by atoms with Crippen LogP contribution in [0.15, 0.2) is 22.7 Å². The van der Waals surface area contributed by atoms with Crippen molar-refractivity contribution in [2.75, 3.05) is 0 Å². The number of halogens is 2. The summed E-state index contributed by atoms with van der Waals surface area (Å²) in [5.41, 5.74) is 7.51. The van der Waals surface area contributed by atoms with E-state index in [2.05, 4.69) is 22.9 Å². The highest BCUT2D eigenvalue weighted by molar-refractivity contribution is 9.10. The summed E-state index contributed by atoms with van der Waals surface area (Å²) in [5.74, 6) is 1.27. The number of hydrogen-bond acceptors (Lipinski definition) is 1. The number of hydrogen-bond donors (Lipinski definition) is 1. The van der Waals surface area contributed by atoms with Crippen LogP contribution in [0.4, 0.5) is 4.39 Å². The quantitative estimate of drug-likeness (QED) is 0.854. The van der Waals surface area contributed by atoms with E-state index >= 15 is 0 Å².